The highest BCUT2D eigenvalue weighted by molar-refractivity contribution is 14.0. The van der Waals surface area contributed by atoms with E-state index in [1.165, 1.54) is 11.1 Å². The molecule has 5 nitrogen and oxygen atoms in total. The summed E-state index contributed by atoms with van der Waals surface area (Å²) in [6.45, 7) is 8.87. The van der Waals surface area contributed by atoms with Crippen molar-refractivity contribution in [2.45, 2.75) is 32.1 Å². The molecule has 1 fully saturated rings. The van der Waals surface area contributed by atoms with Crippen LogP contribution in [0, 0.1) is 6.92 Å². The predicted molar refractivity (Wildman–Crippen MR) is 114 cm³/mol. The molecule has 0 saturated carbocycles. The van der Waals surface area contributed by atoms with Crippen LogP contribution in [0.4, 0.5) is 0 Å². The number of hydrogen-bond acceptors (Lipinski definition) is 3. The van der Waals surface area contributed by atoms with E-state index < -0.39 is 0 Å². The maximum atomic E-state index is 5.62. The fraction of sp³-hybridized carbons (Fsp3) is 0.632. The molecule has 0 aliphatic carbocycles. The first-order chi connectivity index (χ1) is 11.7. The summed E-state index contributed by atoms with van der Waals surface area (Å²) in [7, 11) is 1.81. The topological polar surface area (TPSA) is 54.9 Å². The molecule has 0 radical (unpaired) electrons. The lowest BCUT2D eigenvalue weighted by atomic mass is 9.72. The van der Waals surface area contributed by atoms with Crippen LogP contribution in [0.1, 0.15) is 30.9 Å². The van der Waals surface area contributed by atoms with Crippen LogP contribution in [0.2, 0.25) is 0 Å². The average Bonchev–Trinajstić information content (AvgIpc) is 2.62. The third-order valence-electron chi connectivity index (χ3n) is 4.73. The Bertz CT molecular complexity index is 531. The Kier molecular flexibility index (Phi) is 10.4. The smallest absolute Gasteiger partial charge is 0.191 e. The molecule has 1 saturated heterocycles. The van der Waals surface area contributed by atoms with E-state index in [-0.39, 0.29) is 29.4 Å². The van der Waals surface area contributed by atoms with Crippen molar-refractivity contribution in [1.29, 1.82) is 0 Å². The van der Waals surface area contributed by atoms with Crippen LogP contribution in [0.25, 0.3) is 0 Å². The third-order valence-corrected chi connectivity index (χ3v) is 4.73. The molecule has 0 bridgehead atoms. The monoisotopic (exact) mass is 461 g/mol. The molecule has 0 aromatic heterocycles. The summed E-state index contributed by atoms with van der Waals surface area (Å²) in [5.41, 5.74) is 2.87. The lowest BCUT2D eigenvalue weighted by molar-refractivity contribution is 0.0511. The fourth-order valence-corrected chi connectivity index (χ4v) is 3.33. The van der Waals surface area contributed by atoms with Gasteiger partial charge in [0, 0.05) is 45.4 Å². The summed E-state index contributed by atoms with van der Waals surface area (Å²) in [6, 6.07) is 8.69. The summed E-state index contributed by atoms with van der Waals surface area (Å²) in [5.74, 6) is 0.828. The van der Waals surface area contributed by atoms with Gasteiger partial charge in [0.05, 0.1) is 6.61 Å². The van der Waals surface area contributed by atoms with E-state index in [1.807, 2.05) is 6.92 Å². The Balaban J connectivity index is 0.00000312. The zero-order valence-electron chi connectivity index (χ0n) is 15.6. The molecule has 1 aromatic carbocycles. The lowest BCUT2D eigenvalue weighted by Gasteiger charge is -2.39. The van der Waals surface area contributed by atoms with Gasteiger partial charge in [-0.1, -0.05) is 24.3 Å². The number of hydrogen-bond donors (Lipinski definition) is 2. The van der Waals surface area contributed by atoms with Gasteiger partial charge >= 0.3 is 0 Å². The number of benzene rings is 1. The highest BCUT2D eigenvalue weighted by Gasteiger charge is 2.35. The number of ether oxygens (including phenoxy) is 2. The first-order valence-electron chi connectivity index (χ1n) is 8.88. The first-order valence-corrected chi connectivity index (χ1v) is 8.88. The summed E-state index contributed by atoms with van der Waals surface area (Å²) in [6.07, 6.45) is 2.06. The number of rotatable bonds is 7. The SMILES string of the molecule is CCOCCNC(=NC)NCC1(c2ccccc2C)CCOCC1.I. The van der Waals surface area contributed by atoms with Gasteiger partial charge in [-0.15, -0.1) is 24.0 Å². The molecule has 1 aromatic rings. The van der Waals surface area contributed by atoms with Gasteiger partial charge in [0.2, 0.25) is 0 Å². The van der Waals surface area contributed by atoms with Crippen LogP contribution in [0.15, 0.2) is 29.3 Å². The Morgan fingerprint density at radius 2 is 1.96 bits per heavy atom. The van der Waals surface area contributed by atoms with Gasteiger partial charge in [-0.25, -0.2) is 0 Å². The molecule has 1 aliphatic rings. The van der Waals surface area contributed by atoms with Crippen molar-refractivity contribution in [1.82, 2.24) is 10.6 Å². The molecule has 1 aliphatic heterocycles. The van der Waals surface area contributed by atoms with Crippen LogP contribution in [0.5, 0.6) is 0 Å². The van der Waals surface area contributed by atoms with Crippen molar-refractivity contribution >= 4 is 29.9 Å². The van der Waals surface area contributed by atoms with Crippen LogP contribution < -0.4 is 10.6 Å². The van der Waals surface area contributed by atoms with Crippen molar-refractivity contribution in [2.24, 2.45) is 4.99 Å². The minimum absolute atomic E-state index is 0. The Morgan fingerprint density at radius 1 is 1.24 bits per heavy atom. The number of nitrogens with one attached hydrogen (secondary N) is 2. The van der Waals surface area contributed by atoms with Crippen LogP contribution >= 0.6 is 24.0 Å². The molecule has 0 amide bonds. The molecule has 6 heteroatoms. The fourth-order valence-electron chi connectivity index (χ4n) is 3.33. The molecule has 1 heterocycles. The van der Waals surface area contributed by atoms with Crippen molar-refractivity contribution < 1.29 is 9.47 Å². The van der Waals surface area contributed by atoms with Crippen molar-refractivity contribution in [3.8, 4) is 0 Å². The van der Waals surface area contributed by atoms with Crippen molar-refractivity contribution in [3.63, 3.8) is 0 Å². The largest absolute Gasteiger partial charge is 0.381 e. The predicted octanol–water partition coefficient (Wildman–Crippen LogP) is 2.86. The zero-order chi connectivity index (χ0) is 17.3. The average molecular weight is 461 g/mol. The van der Waals surface area contributed by atoms with Gasteiger partial charge in [0.1, 0.15) is 0 Å². The van der Waals surface area contributed by atoms with Crippen LogP contribution in [-0.2, 0) is 14.9 Å². The second-order valence-corrected chi connectivity index (χ2v) is 6.26. The molecular formula is C19H32IN3O2. The van der Waals surface area contributed by atoms with E-state index in [9.17, 15) is 0 Å². The summed E-state index contributed by atoms with van der Waals surface area (Å²) in [4.78, 5) is 4.32. The molecule has 2 N–H and O–H groups in total. The lowest BCUT2D eigenvalue weighted by Crippen LogP contribution is -2.48. The number of guanidine groups is 1. The van der Waals surface area contributed by atoms with Gasteiger partial charge in [0.15, 0.2) is 5.96 Å². The molecule has 142 valence electrons. The standard InChI is InChI=1S/C19H31N3O2.HI/c1-4-23-14-11-21-18(20-3)22-15-19(9-12-24-13-10-19)17-8-6-5-7-16(17)2;/h5-8H,4,9-15H2,1-3H3,(H2,20,21,22);1H. The highest BCUT2D eigenvalue weighted by Crippen LogP contribution is 2.36. The van der Waals surface area contributed by atoms with E-state index in [4.69, 9.17) is 9.47 Å². The molecular weight excluding hydrogens is 429 g/mol. The molecule has 0 spiro atoms. The van der Waals surface area contributed by atoms with Gasteiger partial charge in [0.25, 0.3) is 0 Å². The van der Waals surface area contributed by atoms with Crippen LogP contribution in [0.3, 0.4) is 0 Å². The van der Waals surface area contributed by atoms with Gasteiger partial charge in [-0.05, 0) is 37.8 Å². The van der Waals surface area contributed by atoms with Crippen LogP contribution in [-0.4, -0.2) is 52.5 Å². The normalized spacial score (nSPS) is 16.8. The number of nitrogens with zero attached hydrogens (tertiary/aromatic N) is 1. The highest BCUT2D eigenvalue weighted by atomic mass is 127. The minimum atomic E-state index is 0. The number of aliphatic imine (C=N–C) groups is 1. The third kappa shape index (κ3) is 6.42. The van der Waals surface area contributed by atoms with Crippen molar-refractivity contribution in [3.05, 3.63) is 35.4 Å². The maximum Gasteiger partial charge on any atom is 0.191 e. The molecule has 2 rings (SSSR count). The molecule has 25 heavy (non-hydrogen) atoms. The Labute approximate surface area is 169 Å². The van der Waals surface area contributed by atoms with Crippen molar-refractivity contribution in [2.75, 3.05) is 46.6 Å². The van der Waals surface area contributed by atoms with Gasteiger partial charge in [-0.3, -0.25) is 4.99 Å². The zero-order valence-corrected chi connectivity index (χ0v) is 18.0. The number of aryl methyl sites for hydroxylation is 1. The van der Waals surface area contributed by atoms with E-state index in [1.54, 1.807) is 7.05 Å². The quantitative estimate of drug-likeness (QED) is 0.284. The summed E-state index contributed by atoms with van der Waals surface area (Å²) >= 11 is 0. The molecule has 0 atom stereocenters. The molecule has 0 unspecified atom stereocenters. The number of halogens is 1. The van der Waals surface area contributed by atoms with E-state index in [0.29, 0.717) is 6.61 Å². The Hall–Kier alpha value is -0.860. The van der Waals surface area contributed by atoms with Gasteiger partial charge in [-0.2, -0.15) is 0 Å². The van der Waals surface area contributed by atoms with E-state index in [2.05, 4.69) is 46.8 Å². The minimum Gasteiger partial charge on any atom is -0.381 e. The summed E-state index contributed by atoms with van der Waals surface area (Å²) < 4.78 is 11.0. The Morgan fingerprint density at radius 3 is 2.60 bits per heavy atom. The summed E-state index contributed by atoms with van der Waals surface area (Å²) in [5, 5.41) is 6.82. The second-order valence-electron chi connectivity index (χ2n) is 6.26. The maximum absolute atomic E-state index is 5.62. The van der Waals surface area contributed by atoms with E-state index in [0.717, 1.165) is 51.7 Å². The second kappa shape index (κ2) is 11.7. The van der Waals surface area contributed by atoms with Gasteiger partial charge < -0.3 is 20.1 Å². The van der Waals surface area contributed by atoms with E-state index >= 15 is 0 Å². The first kappa shape index (κ1) is 22.2.